The zero-order chi connectivity index (χ0) is 23.4. The molecule has 1 N–H and O–H groups in total. The van der Waals surface area contributed by atoms with Crippen LogP contribution in [-0.2, 0) is 11.3 Å². The van der Waals surface area contributed by atoms with Crippen LogP contribution in [0.1, 0.15) is 20.3 Å². The van der Waals surface area contributed by atoms with Crippen molar-refractivity contribution >= 4 is 17.0 Å². The van der Waals surface area contributed by atoms with Crippen LogP contribution in [0.15, 0.2) is 35.1 Å². The summed E-state index contributed by atoms with van der Waals surface area (Å²) >= 11 is 0. The van der Waals surface area contributed by atoms with Gasteiger partial charge in [0.2, 0.25) is 0 Å². The second-order valence-corrected chi connectivity index (χ2v) is 8.65. The number of nitrogens with zero attached hydrogens (tertiary/aromatic N) is 4. The molecule has 9 heteroatoms. The van der Waals surface area contributed by atoms with E-state index in [-0.39, 0.29) is 5.56 Å². The monoisotopic (exact) mass is 457 g/mol. The number of nitrogens with one attached hydrogen (secondary N) is 1. The summed E-state index contributed by atoms with van der Waals surface area (Å²) in [5.74, 6) is -1.06. The minimum absolute atomic E-state index is 0.241. The van der Waals surface area contributed by atoms with Gasteiger partial charge in [0.15, 0.2) is 23.1 Å². The van der Waals surface area contributed by atoms with E-state index in [1.54, 1.807) is 16.7 Å². The lowest BCUT2D eigenvalue weighted by Gasteiger charge is -2.27. The molecule has 176 valence electrons. The minimum atomic E-state index is -0.943. The normalized spacial score (nSPS) is 14.8. The highest BCUT2D eigenvalue weighted by molar-refractivity contribution is 5.76. The van der Waals surface area contributed by atoms with Crippen molar-refractivity contribution in [3.8, 4) is 11.3 Å². The molecule has 3 heterocycles. The minimum Gasteiger partial charge on any atom is -0.379 e. The fraction of sp³-hybridized carbons (Fsp3) is 0.458. The maximum Gasteiger partial charge on any atom is 0.294 e. The fourth-order valence-electron chi connectivity index (χ4n) is 3.80. The molecule has 0 spiro atoms. The number of pyridine rings is 1. The summed E-state index contributed by atoms with van der Waals surface area (Å²) in [5.41, 5.74) is 1.62. The highest BCUT2D eigenvalue weighted by atomic mass is 19.2. The summed E-state index contributed by atoms with van der Waals surface area (Å²) in [5, 5.41) is 3.18. The molecule has 0 amide bonds. The first-order valence-electron chi connectivity index (χ1n) is 11.3. The third kappa shape index (κ3) is 5.54. The molecular weight excluding hydrogens is 428 g/mol. The van der Waals surface area contributed by atoms with Gasteiger partial charge in [0, 0.05) is 38.3 Å². The Morgan fingerprint density at radius 2 is 1.85 bits per heavy atom. The number of ether oxygens (including phenoxy) is 1. The SMILES string of the molecule is CC(C)CCNc1nc2ccc(-c3ccc(F)c(F)c3)nc2n(CCN2CCOCC2)c1=O. The van der Waals surface area contributed by atoms with Crippen molar-refractivity contribution in [2.24, 2.45) is 5.92 Å². The predicted molar refractivity (Wildman–Crippen MR) is 124 cm³/mol. The van der Waals surface area contributed by atoms with Crippen LogP contribution < -0.4 is 10.9 Å². The van der Waals surface area contributed by atoms with Crippen molar-refractivity contribution in [3.05, 3.63) is 52.3 Å². The zero-order valence-corrected chi connectivity index (χ0v) is 19.0. The van der Waals surface area contributed by atoms with Crippen molar-refractivity contribution in [3.63, 3.8) is 0 Å². The summed E-state index contributed by atoms with van der Waals surface area (Å²) in [7, 11) is 0. The van der Waals surface area contributed by atoms with E-state index < -0.39 is 11.6 Å². The maximum atomic E-state index is 13.8. The molecule has 0 aliphatic carbocycles. The van der Waals surface area contributed by atoms with E-state index in [1.807, 2.05) is 0 Å². The molecule has 33 heavy (non-hydrogen) atoms. The molecule has 1 aliphatic rings. The molecule has 0 unspecified atom stereocenters. The average Bonchev–Trinajstić information content (AvgIpc) is 2.81. The number of benzene rings is 1. The summed E-state index contributed by atoms with van der Waals surface area (Å²) in [6.07, 6.45) is 0.917. The maximum absolute atomic E-state index is 13.8. The van der Waals surface area contributed by atoms with Gasteiger partial charge in [-0.15, -0.1) is 0 Å². The summed E-state index contributed by atoms with van der Waals surface area (Å²) in [4.78, 5) is 24.7. The molecule has 7 nitrogen and oxygen atoms in total. The number of hydrogen-bond donors (Lipinski definition) is 1. The van der Waals surface area contributed by atoms with E-state index in [9.17, 15) is 13.6 Å². The van der Waals surface area contributed by atoms with Gasteiger partial charge in [-0.1, -0.05) is 13.8 Å². The summed E-state index contributed by atoms with van der Waals surface area (Å²) in [6, 6.07) is 7.11. The Kier molecular flexibility index (Phi) is 7.29. The van der Waals surface area contributed by atoms with E-state index in [4.69, 9.17) is 4.74 Å². The molecule has 0 saturated carbocycles. The molecular formula is C24H29F2N5O2. The second kappa shape index (κ2) is 10.4. The molecule has 2 aromatic heterocycles. The van der Waals surface area contributed by atoms with Gasteiger partial charge in [0.25, 0.3) is 5.56 Å². The number of morpholine rings is 1. The van der Waals surface area contributed by atoms with E-state index >= 15 is 0 Å². The molecule has 1 saturated heterocycles. The Labute approximate surface area is 191 Å². The zero-order valence-electron chi connectivity index (χ0n) is 19.0. The van der Waals surface area contributed by atoms with Crippen molar-refractivity contribution in [1.82, 2.24) is 19.4 Å². The van der Waals surface area contributed by atoms with Gasteiger partial charge in [-0.3, -0.25) is 14.3 Å². The lowest BCUT2D eigenvalue weighted by molar-refractivity contribution is 0.0364. The Morgan fingerprint density at radius 1 is 1.06 bits per heavy atom. The highest BCUT2D eigenvalue weighted by Crippen LogP contribution is 2.22. The summed E-state index contributed by atoms with van der Waals surface area (Å²) < 4.78 is 34.2. The number of aromatic nitrogens is 3. The van der Waals surface area contributed by atoms with Gasteiger partial charge in [-0.05, 0) is 42.7 Å². The molecule has 4 rings (SSSR count). The predicted octanol–water partition coefficient (Wildman–Crippen LogP) is 3.53. The molecule has 3 aromatic rings. The van der Waals surface area contributed by atoms with Gasteiger partial charge in [0.05, 0.1) is 18.9 Å². The van der Waals surface area contributed by atoms with Gasteiger partial charge in [0.1, 0.15) is 5.52 Å². The molecule has 1 fully saturated rings. The van der Waals surface area contributed by atoms with Crippen LogP contribution >= 0.6 is 0 Å². The van der Waals surface area contributed by atoms with Crippen LogP contribution in [0.5, 0.6) is 0 Å². The van der Waals surface area contributed by atoms with E-state index in [0.29, 0.717) is 67.0 Å². The molecule has 1 aliphatic heterocycles. The first-order valence-corrected chi connectivity index (χ1v) is 11.3. The van der Waals surface area contributed by atoms with Crippen molar-refractivity contribution in [2.45, 2.75) is 26.8 Å². The van der Waals surface area contributed by atoms with Crippen LogP contribution in [0.25, 0.3) is 22.4 Å². The Morgan fingerprint density at radius 3 is 2.58 bits per heavy atom. The van der Waals surface area contributed by atoms with Crippen LogP contribution in [0.2, 0.25) is 0 Å². The lowest BCUT2D eigenvalue weighted by Crippen LogP contribution is -2.39. The third-order valence-electron chi connectivity index (χ3n) is 5.76. The molecule has 0 radical (unpaired) electrons. The fourth-order valence-corrected chi connectivity index (χ4v) is 3.80. The number of anilines is 1. The Bertz CT molecular complexity index is 1180. The van der Waals surface area contributed by atoms with E-state index in [0.717, 1.165) is 31.6 Å². The second-order valence-electron chi connectivity index (χ2n) is 8.65. The van der Waals surface area contributed by atoms with E-state index in [1.165, 1.54) is 6.07 Å². The lowest BCUT2D eigenvalue weighted by atomic mass is 10.1. The number of hydrogen-bond acceptors (Lipinski definition) is 6. The van der Waals surface area contributed by atoms with E-state index in [2.05, 4.69) is 34.0 Å². The molecule has 1 aromatic carbocycles. The standard InChI is InChI=1S/C24H29F2N5O2/c1-16(2)7-8-27-22-24(32)31(10-9-30-11-13-33-14-12-30)23-21(28-22)6-5-20(29-23)17-3-4-18(25)19(26)15-17/h3-6,15-16H,7-14H2,1-2H3,(H,27,28). The van der Waals surface area contributed by atoms with Crippen molar-refractivity contribution in [1.29, 1.82) is 0 Å². The van der Waals surface area contributed by atoms with Crippen molar-refractivity contribution < 1.29 is 13.5 Å². The molecule has 0 bridgehead atoms. The summed E-state index contributed by atoms with van der Waals surface area (Å²) in [6.45, 7) is 8.97. The first-order chi connectivity index (χ1) is 15.9. The quantitative estimate of drug-likeness (QED) is 0.558. The number of rotatable bonds is 8. The van der Waals surface area contributed by atoms with Crippen LogP contribution in [0.3, 0.4) is 0 Å². The average molecular weight is 458 g/mol. The van der Waals surface area contributed by atoms with Gasteiger partial charge in [-0.25, -0.2) is 18.7 Å². The number of fused-ring (bicyclic) bond motifs is 1. The Balaban J connectivity index is 1.72. The Hall–Kier alpha value is -2.91. The number of halogens is 2. The largest absolute Gasteiger partial charge is 0.379 e. The van der Waals surface area contributed by atoms with Crippen LogP contribution in [-0.4, -0.2) is 58.8 Å². The smallest absolute Gasteiger partial charge is 0.294 e. The van der Waals surface area contributed by atoms with Crippen molar-refractivity contribution in [2.75, 3.05) is 44.7 Å². The van der Waals surface area contributed by atoms with Crippen LogP contribution in [0.4, 0.5) is 14.6 Å². The third-order valence-corrected chi connectivity index (χ3v) is 5.76. The highest BCUT2D eigenvalue weighted by Gasteiger charge is 2.16. The van der Waals surface area contributed by atoms with Gasteiger partial charge >= 0.3 is 0 Å². The first kappa shape index (κ1) is 23.3. The van der Waals surface area contributed by atoms with Gasteiger partial charge < -0.3 is 10.1 Å². The molecule has 0 atom stereocenters. The topological polar surface area (TPSA) is 72.3 Å². The van der Waals surface area contributed by atoms with Gasteiger partial charge in [-0.2, -0.15) is 0 Å². The van der Waals surface area contributed by atoms with Crippen LogP contribution in [0, 0.1) is 17.6 Å².